The molecule has 0 amide bonds. The summed E-state index contributed by atoms with van der Waals surface area (Å²) in [6.45, 7) is 2.19. The van der Waals surface area contributed by atoms with Gasteiger partial charge in [-0.05, 0) is 37.0 Å². The highest BCUT2D eigenvalue weighted by Crippen LogP contribution is 2.37. The Morgan fingerprint density at radius 3 is 2.47 bits per heavy atom. The van der Waals surface area contributed by atoms with E-state index in [9.17, 15) is 13.2 Å². The highest BCUT2D eigenvalue weighted by Gasteiger charge is 2.35. The minimum absolute atomic E-state index is 0.0662. The van der Waals surface area contributed by atoms with Gasteiger partial charge in [-0.15, -0.1) is 0 Å². The van der Waals surface area contributed by atoms with E-state index in [0.717, 1.165) is 25.8 Å². The van der Waals surface area contributed by atoms with Crippen molar-refractivity contribution in [2.45, 2.75) is 45.0 Å². The highest BCUT2D eigenvalue weighted by atomic mass is 19.4. The second kappa shape index (κ2) is 5.41. The number of hydrogen-bond donors (Lipinski definition) is 1. The molecule has 106 valence electrons. The Bertz CT molecular complexity index is 441. The van der Waals surface area contributed by atoms with Crippen LogP contribution in [0, 0.1) is 0 Å². The third-order valence-electron chi connectivity index (χ3n) is 3.35. The number of halogens is 3. The molecule has 1 aliphatic rings. The summed E-state index contributed by atoms with van der Waals surface area (Å²) in [7, 11) is 0. The largest absolute Gasteiger partial charge is 0.416 e. The van der Waals surface area contributed by atoms with Crippen molar-refractivity contribution in [1.29, 1.82) is 0 Å². The summed E-state index contributed by atoms with van der Waals surface area (Å²) in [6, 6.07) is 4.60. The van der Waals surface area contributed by atoms with E-state index in [1.807, 2.05) is 11.8 Å². The van der Waals surface area contributed by atoms with Crippen molar-refractivity contribution in [1.82, 2.24) is 0 Å². The molecular weight excluding hydrogens is 255 g/mol. The lowest BCUT2D eigenvalue weighted by Gasteiger charge is -2.25. The van der Waals surface area contributed by atoms with Crippen LogP contribution in [0.15, 0.2) is 18.2 Å². The summed E-state index contributed by atoms with van der Waals surface area (Å²) in [5, 5.41) is 9.02. The molecule has 1 fully saturated rings. The Morgan fingerprint density at radius 2 is 2.00 bits per heavy atom. The molecule has 1 aromatic carbocycles. The van der Waals surface area contributed by atoms with Gasteiger partial charge in [-0.2, -0.15) is 13.2 Å². The van der Waals surface area contributed by atoms with Crippen molar-refractivity contribution in [3.63, 3.8) is 0 Å². The van der Waals surface area contributed by atoms with Crippen LogP contribution in [0.2, 0.25) is 0 Å². The summed E-state index contributed by atoms with van der Waals surface area (Å²) >= 11 is 0. The molecule has 2 rings (SSSR count). The normalized spacial score (nSPS) is 15.6. The molecule has 19 heavy (non-hydrogen) atoms. The number of rotatable bonds is 5. The Labute approximate surface area is 110 Å². The zero-order valence-electron chi connectivity index (χ0n) is 10.9. The van der Waals surface area contributed by atoms with E-state index < -0.39 is 18.3 Å². The predicted octanol–water partition coefficient (Wildman–Crippen LogP) is 3.58. The number of nitrogens with zero attached hydrogens (tertiary/aromatic N) is 1. The van der Waals surface area contributed by atoms with E-state index in [1.165, 1.54) is 12.1 Å². The van der Waals surface area contributed by atoms with E-state index in [2.05, 4.69) is 0 Å². The Kier molecular flexibility index (Phi) is 4.04. The number of hydrogen-bond acceptors (Lipinski definition) is 2. The molecule has 1 N–H and O–H groups in total. The van der Waals surface area contributed by atoms with Gasteiger partial charge >= 0.3 is 6.18 Å². The van der Waals surface area contributed by atoms with E-state index in [0.29, 0.717) is 11.7 Å². The third-order valence-corrected chi connectivity index (χ3v) is 3.35. The first kappa shape index (κ1) is 14.2. The van der Waals surface area contributed by atoms with Crippen molar-refractivity contribution in [3.05, 3.63) is 29.3 Å². The first-order chi connectivity index (χ1) is 8.97. The molecule has 1 saturated carbocycles. The first-order valence-corrected chi connectivity index (χ1v) is 6.55. The van der Waals surface area contributed by atoms with Crippen LogP contribution < -0.4 is 4.90 Å². The zero-order valence-corrected chi connectivity index (χ0v) is 10.9. The summed E-state index contributed by atoms with van der Waals surface area (Å²) in [5.41, 5.74) is -0.188. The van der Waals surface area contributed by atoms with Gasteiger partial charge in [0.25, 0.3) is 0 Å². The molecule has 0 radical (unpaired) electrons. The van der Waals surface area contributed by atoms with Crippen LogP contribution in [0.3, 0.4) is 0 Å². The van der Waals surface area contributed by atoms with Crippen LogP contribution in [-0.2, 0) is 12.8 Å². The Balaban J connectivity index is 2.36. The summed E-state index contributed by atoms with van der Waals surface area (Å²) in [4.78, 5) is 2.04. The smallest absolute Gasteiger partial charge is 0.392 e. The molecular formula is C14H18F3NO. The monoisotopic (exact) mass is 273 g/mol. The van der Waals surface area contributed by atoms with Gasteiger partial charge < -0.3 is 10.0 Å². The number of benzene rings is 1. The molecule has 0 spiro atoms. The number of aliphatic hydroxyl groups is 1. The third kappa shape index (κ3) is 3.21. The number of aliphatic hydroxyl groups excluding tert-OH is 1. The summed E-state index contributed by atoms with van der Waals surface area (Å²) in [5.74, 6) is 0. The number of anilines is 1. The molecule has 0 bridgehead atoms. The van der Waals surface area contributed by atoms with Gasteiger partial charge in [0.05, 0.1) is 12.2 Å². The Hall–Kier alpha value is -1.23. The van der Waals surface area contributed by atoms with Gasteiger partial charge in [0, 0.05) is 18.3 Å². The molecule has 0 aromatic heterocycles. The van der Waals surface area contributed by atoms with Gasteiger partial charge in [-0.25, -0.2) is 0 Å². The van der Waals surface area contributed by atoms with E-state index in [4.69, 9.17) is 5.11 Å². The lowest BCUT2D eigenvalue weighted by molar-refractivity contribution is -0.138. The fourth-order valence-corrected chi connectivity index (χ4v) is 2.29. The SMILES string of the molecule is CCCN(c1ccc(CO)c(C(F)(F)F)c1)C1CC1. The van der Waals surface area contributed by atoms with Gasteiger partial charge in [0.15, 0.2) is 0 Å². The fourth-order valence-electron chi connectivity index (χ4n) is 2.29. The van der Waals surface area contributed by atoms with Crippen molar-refractivity contribution in [2.24, 2.45) is 0 Å². The Morgan fingerprint density at radius 1 is 1.32 bits per heavy atom. The minimum atomic E-state index is -4.42. The summed E-state index contributed by atoms with van der Waals surface area (Å²) < 4.78 is 38.9. The minimum Gasteiger partial charge on any atom is -0.392 e. The van der Waals surface area contributed by atoms with Crippen molar-refractivity contribution in [3.8, 4) is 0 Å². The molecule has 0 aliphatic heterocycles. The van der Waals surface area contributed by atoms with Crippen molar-refractivity contribution in [2.75, 3.05) is 11.4 Å². The first-order valence-electron chi connectivity index (χ1n) is 6.55. The molecule has 5 heteroatoms. The molecule has 0 saturated heterocycles. The standard InChI is InChI=1S/C14H18F3NO/c1-2-7-18(11-5-6-11)12-4-3-10(9-19)13(8-12)14(15,16)17/h3-4,8,11,19H,2,5-7,9H2,1H3. The maximum atomic E-state index is 13.0. The second-order valence-electron chi connectivity index (χ2n) is 4.92. The molecule has 0 heterocycles. The van der Waals surface area contributed by atoms with E-state index >= 15 is 0 Å². The lowest BCUT2D eigenvalue weighted by Crippen LogP contribution is -2.27. The van der Waals surface area contributed by atoms with Crippen LogP contribution in [0.1, 0.15) is 37.3 Å². The molecule has 1 aliphatic carbocycles. The average Bonchev–Trinajstić information content (AvgIpc) is 3.18. The maximum Gasteiger partial charge on any atom is 0.416 e. The van der Waals surface area contributed by atoms with Crippen LogP contribution in [-0.4, -0.2) is 17.7 Å². The molecule has 0 atom stereocenters. The maximum absolute atomic E-state index is 13.0. The highest BCUT2D eigenvalue weighted by molar-refractivity contribution is 5.53. The van der Waals surface area contributed by atoms with Crippen LogP contribution in [0.4, 0.5) is 18.9 Å². The van der Waals surface area contributed by atoms with Crippen molar-refractivity contribution >= 4 is 5.69 Å². The van der Waals surface area contributed by atoms with Gasteiger partial charge in [-0.1, -0.05) is 13.0 Å². The van der Waals surface area contributed by atoms with Gasteiger partial charge in [0.1, 0.15) is 0 Å². The number of alkyl halides is 3. The van der Waals surface area contributed by atoms with Crippen LogP contribution in [0.5, 0.6) is 0 Å². The zero-order chi connectivity index (χ0) is 14.0. The molecule has 2 nitrogen and oxygen atoms in total. The summed E-state index contributed by atoms with van der Waals surface area (Å²) in [6.07, 6.45) is -1.43. The second-order valence-corrected chi connectivity index (χ2v) is 4.92. The quantitative estimate of drug-likeness (QED) is 0.886. The van der Waals surface area contributed by atoms with E-state index in [1.54, 1.807) is 6.07 Å². The fraction of sp³-hybridized carbons (Fsp3) is 0.571. The topological polar surface area (TPSA) is 23.5 Å². The van der Waals surface area contributed by atoms with Crippen LogP contribution in [0.25, 0.3) is 0 Å². The lowest BCUT2D eigenvalue weighted by atomic mass is 10.1. The van der Waals surface area contributed by atoms with E-state index in [-0.39, 0.29) is 5.56 Å². The molecule has 0 unspecified atom stereocenters. The van der Waals surface area contributed by atoms with Crippen molar-refractivity contribution < 1.29 is 18.3 Å². The molecule has 1 aromatic rings. The average molecular weight is 273 g/mol. The predicted molar refractivity (Wildman–Crippen MR) is 68.0 cm³/mol. The van der Waals surface area contributed by atoms with Gasteiger partial charge in [-0.3, -0.25) is 0 Å². The van der Waals surface area contributed by atoms with Crippen LogP contribution >= 0.6 is 0 Å². The van der Waals surface area contributed by atoms with Gasteiger partial charge in [0.2, 0.25) is 0 Å².